The second kappa shape index (κ2) is 6.54. The molecule has 0 fully saturated rings. The zero-order chi connectivity index (χ0) is 13.5. The second-order valence-corrected chi connectivity index (χ2v) is 3.84. The summed E-state index contributed by atoms with van der Waals surface area (Å²) in [6.07, 6.45) is 1.62. The largest absolute Gasteiger partial charge is 0.504 e. The Morgan fingerprint density at radius 1 is 1.61 bits per heavy atom. The maximum atomic E-state index is 11.6. The van der Waals surface area contributed by atoms with Gasteiger partial charge in [-0.1, -0.05) is 12.1 Å². The van der Waals surface area contributed by atoms with Crippen LogP contribution < -0.4 is 10.1 Å². The molecule has 1 aromatic rings. The van der Waals surface area contributed by atoms with E-state index in [0.717, 1.165) is 5.56 Å². The smallest absolute Gasteiger partial charge is 0.317 e. The van der Waals surface area contributed by atoms with E-state index >= 15 is 0 Å². The van der Waals surface area contributed by atoms with Gasteiger partial charge in [-0.15, -0.1) is 6.58 Å². The van der Waals surface area contributed by atoms with Gasteiger partial charge in [0.25, 0.3) is 0 Å². The molecular weight excluding hydrogens is 232 g/mol. The van der Waals surface area contributed by atoms with Crippen LogP contribution in [0.1, 0.15) is 5.56 Å². The van der Waals surface area contributed by atoms with Crippen molar-refractivity contribution in [3.63, 3.8) is 0 Å². The van der Waals surface area contributed by atoms with Gasteiger partial charge in [0.15, 0.2) is 11.5 Å². The van der Waals surface area contributed by atoms with Gasteiger partial charge in [0.2, 0.25) is 0 Å². The molecule has 5 heteroatoms. The lowest BCUT2D eigenvalue weighted by Gasteiger charge is -2.18. The summed E-state index contributed by atoms with van der Waals surface area (Å²) in [7, 11) is 3.17. The van der Waals surface area contributed by atoms with Gasteiger partial charge in [0, 0.05) is 20.1 Å². The van der Waals surface area contributed by atoms with E-state index in [1.807, 2.05) is 0 Å². The first-order chi connectivity index (χ1) is 8.58. The van der Waals surface area contributed by atoms with Gasteiger partial charge in [0.05, 0.1) is 7.11 Å². The molecule has 0 aliphatic rings. The number of rotatable bonds is 5. The fraction of sp³-hybridized carbons (Fsp3) is 0.308. The maximum Gasteiger partial charge on any atom is 0.317 e. The molecule has 0 atom stereocenters. The second-order valence-electron chi connectivity index (χ2n) is 3.84. The Bertz CT molecular complexity index is 432. The summed E-state index contributed by atoms with van der Waals surface area (Å²) >= 11 is 0. The standard InChI is InChI=1S/C13H18N2O3/c1-4-7-14-13(17)15(2)9-10-5-6-12(18-3)11(16)8-10/h4-6,8,16H,1,7,9H2,2-3H3,(H,14,17). The average Bonchev–Trinajstić information content (AvgIpc) is 2.36. The maximum absolute atomic E-state index is 11.6. The lowest BCUT2D eigenvalue weighted by Crippen LogP contribution is -2.36. The number of benzene rings is 1. The molecule has 0 aromatic heterocycles. The minimum absolute atomic E-state index is 0.0647. The molecule has 1 rings (SSSR count). The molecule has 18 heavy (non-hydrogen) atoms. The Balaban J connectivity index is 2.64. The fourth-order valence-corrected chi connectivity index (χ4v) is 1.47. The highest BCUT2D eigenvalue weighted by molar-refractivity contribution is 5.74. The highest BCUT2D eigenvalue weighted by Crippen LogP contribution is 2.26. The van der Waals surface area contributed by atoms with Crippen molar-refractivity contribution < 1.29 is 14.6 Å². The van der Waals surface area contributed by atoms with Crippen molar-refractivity contribution in [2.45, 2.75) is 6.54 Å². The number of hydrogen-bond acceptors (Lipinski definition) is 3. The lowest BCUT2D eigenvalue weighted by molar-refractivity contribution is 0.208. The number of urea groups is 1. The third kappa shape index (κ3) is 3.69. The minimum Gasteiger partial charge on any atom is -0.504 e. The monoisotopic (exact) mass is 250 g/mol. The molecule has 0 bridgehead atoms. The van der Waals surface area contributed by atoms with E-state index in [1.54, 1.807) is 31.3 Å². The van der Waals surface area contributed by atoms with Crippen LogP contribution in [0, 0.1) is 0 Å². The number of nitrogens with zero attached hydrogens (tertiary/aromatic N) is 1. The Hall–Kier alpha value is -2.17. The van der Waals surface area contributed by atoms with Crippen LogP contribution in [0.15, 0.2) is 30.9 Å². The fourth-order valence-electron chi connectivity index (χ4n) is 1.47. The van der Waals surface area contributed by atoms with Crippen molar-refractivity contribution in [2.24, 2.45) is 0 Å². The zero-order valence-corrected chi connectivity index (χ0v) is 10.6. The van der Waals surface area contributed by atoms with Crippen LogP contribution in [0.2, 0.25) is 0 Å². The van der Waals surface area contributed by atoms with Gasteiger partial charge in [0.1, 0.15) is 0 Å². The summed E-state index contributed by atoms with van der Waals surface area (Å²) in [5.41, 5.74) is 0.824. The topological polar surface area (TPSA) is 61.8 Å². The molecule has 0 spiro atoms. The minimum atomic E-state index is -0.190. The summed E-state index contributed by atoms with van der Waals surface area (Å²) in [6.45, 7) is 4.36. The zero-order valence-electron chi connectivity index (χ0n) is 10.6. The molecule has 0 heterocycles. The van der Waals surface area contributed by atoms with E-state index in [2.05, 4.69) is 11.9 Å². The number of hydrogen-bond donors (Lipinski definition) is 2. The molecule has 5 nitrogen and oxygen atoms in total. The number of phenols is 1. The Morgan fingerprint density at radius 2 is 2.33 bits per heavy atom. The van der Waals surface area contributed by atoms with E-state index in [9.17, 15) is 9.90 Å². The molecule has 0 aliphatic heterocycles. The van der Waals surface area contributed by atoms with Crippen molar-refractivity contribution in [3.8, 4) is 11.5 Å². The van der Waals surface area contributed by atoms with E-state index in [4.69, 9.17) is 4.74 Å². The van der Waals surface area contributed by atoms with Crippen LogP contribution in [0.4, 0.5) is 4.79 Å². The predicted octanol–water partition coefficient (Wildman–Crippen LogP) is 1.73. The molecule has 0 radical (unpaired) electrons. The number of aromatic hydroxyl groups is 1. The molecule has 0 aliphatic carbocycles. The number of carbonyl (C=O) groups excluding carboxylic acids is 1. The summed E-state index contributed by atoms with van der Waals surface area (Å²) in [4.78, 5) is 13.1. The number of phenolic OH excluding ortho intramolecular Hbond substituents is 1. The average molecular weight is 250 g/mol. The number of carbonyl (C=O) groups is 1. The van der Waals surface area contributed by atoms with Crippen LogP contribution >= 0.6 is 0 Å². The highest BCUT2D eigenvalue weighted by Gasteiger charge is 2.09. The number of amides is 2. The molecule has 98 valence electrons. The molecular formula is C13H18N2O3. The van der Waals surface area contributed by atoms with Crippen LogP contribution in [-0.4, -0.2) is 36.7 Å². The summed E-state index contributed by atoms with van der Waals surface area (Å²) in [5.74, 6) is 0.479. The van der Waals surface area contributed by atoms with Gasteiger partial charge in [-0.3, -0.25) is 0 Å². The van der Waals surface area contributed by atoms with Crippen molar-refractivity contribution in [1.82, 2.24) is 10.2 Å². The van der Waals surface area contributed by atoms with E-state index in [0.29, 0.717) is 18.8 Å². The summed E-state index contributed by atoms with van der Waals surface area (Å²) < 4.78 is 4.95. The van der Waals surface area contributed by atoms with Gasteiger partial charge >= 0.3 is 6.03 Å². The molecule has 2 N–H and O–H groups in total. The van der Waals surface area contributed by atoms with Gasteiger partial charge < -0.3 is 20.1 Å². The van der Waals surface area contributed by atoms with Gasteiger partial charge in [-0.2, -0.15) is 0 Å². The van der Waals surface area contributed by atoms with Gasteiger partial charge in [-0.05, 0) is 17.7 Å². The highest BCUT2D eigenvalue weighted by atomic mass is 16.5. The van der Waals surface area contributed by atoms with Crippen LogP contribution in [-0.2, 0) is 6.54 Å². The van der Waals surface area contributed by atoms with E-state index in [-0.39, 0.29) is 11.8 Å². The first kappa shape index (κ1) is 13.9. The first-order valence-corrected chi connectivity index (χ1v) is 5.54. The Labute approximate surface area is 107 Å². The molecule has 2 amide bonds. The van der Waals surface area contributed by atoms with E-state index in [1.165, 1.54) is 12.0 Å². The van der Waals surface area contributed by atoms with Crippen LogP contribution in [0.5, 0.6) is 11.5 Å². The molecule has 0 unspecified atom stereocenters. The SMILES string of the molecule is C=CCNC(=O)N(C)Cc1ccc(OC)c(O)c1. The molecule has 1 aromatic carbocycles. The van der Waals surface area contributed by atoms with E-state index < -0.39 is 0 Å². The predicted molar refractivity (Wildman–Crippen MR) is 69.7 cm³/mol. The number of methoxy groups -OCH3 is 1. The Kier molecular flexibility index (Phi) is 5.05. The quantitative estimate of drug-likeness (QED) is 0.782. The lowest BCUT2D eigenvalue weighted by atomic mass is 10.2. The molecule has 0 saturated heterocycles. The Morgan fingerprint density at radius 3 is 2.89 bits per heavy atom. The van der Waals surface area contributed by atoms with Crippen molar-refractivity contribution in [2.75, 3.05) is 20.7 Å². The van der Waals surface area contributed by atoms with Crippen LogP contribution in [0.3, 0.4) is 0 Å². The number of ether oxygens (including phenoxy) is 1. The normalized spacial score (nSPS) is 9.67. The van der Waals surface area contributed by atoms with Crippen molar-refractivity contribution in [1.29, 1.82) is 0 Å². The number of nitrogens with one attached hydrogen (secondary N) is 1. The van der Waals surface area contributed by atoms with Crippen molar-refractivity contribution >= 4 is 6.03 Å². The van der Waals surface area contributed by atoms with Crippen LogP contribution in [0.25, 0.3) is 0 Å². The van der Waals surface area contributed by atoms with Crippen molar-refractivity contribution in [3.05, 3.63) is 36.4 Å². The van der Waals surface area contributed by atoms with Gasteiger partial charge in [-0.25, -0.2) is 4.79 Å². The third-order valence-corrected chi connectivity index (χ3v) is 2.41. The molecule has 0 saturated carbocycles. The first-order valence-electron chi connectivity index (χ1n) is 5.54. The third-order valence-electron chi connectivity index (χ3n) is 2.41. The summed E-state index contributed by atoms with van der Waals surface area (Å²) in [6, 6.07) is 4.86. The summed E-state index contributed by atoms with van der Waals surface area (Å²) in [5, 5.41) is 12.3.